The van der Waals surface area contributed by atoms with E-state index in [4.69, 9.17) is 4.74 Å². The van der Waals surface area contributed by atoms with Gasteiger partial charge in [-0.1, -0.05) is 24.8 Å². The van der Waals surface area contributed by atoms with Crippen LogP contribution in [-0.4, -0.2) is 89.4 Å². The summed E-state index contributed by atoms with van der Waals surface area (Å²) in [5.74, 6) is 5.67. The Labute approximate surface area is 216 Å². The molecule has 0 bridgehead atoms. The number of likely N-dealkylation sites (N-methyl/N-ethyl adjacent to an activating group) is 1. The maximum atomic E-state index is 13.1. The van der Waals surface area contributed by atoms with E-state index in [0.717, 1.165) is 50.5 Å². The van der Waals surface area contributed by atoms with Gasteiger partial charge in [0, 0.05) is 56.6 Å². The molecule has 2 N–H and O–H groups in total. The lowest BCUT2D eigenvalue weighted by atomic mass is 9.99. The Kier molecular flexibility index (Phi) is 6.82. The number of hydrogen-bond donors (Lipinski definition) is 2. The number of aromatic nitrogens is 1. The van der Waals surface area contributed by atoms with Crippen molar-refractivity contribution in [2.45, 2.75) is 25.6 Å². The first-order chi connectivity index (χ1) is 17.9. The van der Waals surface area contributed by atoms with Crippen molar-refractivity contribution >= 4 is 17.8 Å². The summed E-state index contributed by atoms with van der Waals surface area (Å²) in [7, 11) is 1.54. The number of nitrogens with zero attached hydrogens (tertiary/aromatic N) is 4. The fourth-order valence-electron chi connectivity index (χ4n) is 4.88. The van der Waals surface area contributed by atoms with Crippen LogP contribution in [0.25, 0.3) is 0 Å². The molecule has 4 amide bonds. The number of nitrogens with one attached hydrogen (secondary N) is 2. The number of imide groups is 1. The van der Waals surface area contributed by atoms with Crippen LogP contribution in [-0.2, 0) is 17.9 Å². The molecule has 4 heterocycles. The second-order valence-corrected chi connectivity index (χ2v) is 9.50. The van der Waals surface area contributed by atoms with Gasteiger partial charge < -0.3 is 19.9 Å². The van der Waals surface area contributed by atoms with E-state index in [2.05, 4.69) is 44.2 Å². The van der Waals surface area contributed by atoms with Crippen LogP contribution in [0.5, 0.6) is 5.75 Å². The predicted octanol–water partition coefficient (Wildman–Crippen LogP) is 0.813. The number of amides is 4. The van der Waals surface area contributed by atoms with E-state index in [1.807, 2.05) is 18.2 Å². The van der Waals surface area contributed by atoms with Crippen molar-refractivity contribution < 1.29 is 19.1 Å². The highest BCUT2D eigenvalue weighted by atomic mass is 16.5. The number of ether oxygens (including phenoxy) is 1. The van der Waals surface area contributed by atoms with Gasteiger partial charge in [-0.05, 0) is 36.4 Å². The quantitative estimate of drug-likeness (QED) is 0.445. The molecule has 0 aliphatic carbocycles. The van der Waals surface area contributed by atoms with Crippen molar-refractivity contribution in [3.05, 3.63) is 58.9 Å². The minimum Gasteiger partial charge on any atom is -0.497 e. The van der Waals surface area contributed by atoms with E-state index < -0.39 is 17.5 Å². The highest BCUT2D eigenvalue weighted by molar-refractivity contribution is 6.10. The van der Waals surface area contributed by atoms with Crippen LogP contribution in [0.2, 0.25) is 0 Å². The molecule has 3 aliphatic heterocycles. The van der Waals surface area contributed by atoms with E-state index >= 15 is 0 Å². The van der Waals surface area contributed by atoms with Crippen LogP contribution in [0.1, 0.15) is 34.1 Å². The number of hydrogen-bond acceptors (Lipinski definition) is 7. The van der Waals surface area contributed by atoms with Gasteiger partial charge in [-0.15, -0.1) is 0 Å². The van der Waals surface area contributed by atoms with Gasteiger partial charge in [0.05, 0.1) is 19.3 Å². The molecule has 0 saturated carbocycles. The SMILES string of the molecule is CCN1CCN(Cc2ccc(C#C[C@]3(CN4Cc5ccc(OC)cc5C4=O)NC(=O)NC3=O)cn2)CC1. The highest BCUT2D eigenvalue weighted by Gasteiger charge is 2.48. The molecular weight excluding hydrogens is 472 g/mol. The maximum Gasteiger partial charge on any atom is 0.323 e. The summed E-state index contributed by atoms with van der Waals surface area (Å²) in [4.78, 5) is 48.8. The number of fused-ring (bicyclic) bond motifs is 1. The lowest BCUT2D eigenvalue weighted by molar-refractivity contribution is -0.122. The summed E-state index contributed by atoms with van der Waals surface area (Å²) in [6.07, 6.45) is 1.68. The van der Waals surface area contributed by atoms with Crippen LogP contribution in [0.3, 0.4) is 0 Å². The third kappa shape index (κ3) is 5.14. The monoisotopic (exact) mass is 502 g/mol. The van der Waals surface area contributed by atoms with Crippen molar-refractivity contribution in [2.24, 2.45) is 0 Å². The van der Waals surface area contributed by atoms with Gasteiger partial charge in [0.1, 0.15) is 5.75 Å². The summed E-state index contributed by atoms with van der Waals surface area (Å²) in [6.45, 7) is 8.42. The second kappa shape index (κ2) is 10.2. The van der Waals surface area contributed by atoms with Crippen LogP contribution < -0.4 is 15.4 Å². The molecule has 2 aromatic rings. The molecular formula is C27H30N6O4. The summed E-state index contributed by atoms with van der Waals surface area (Å²) in [6, 6.07) is 8.46. The molecule has 1 aromatic carbocycles. The fourth-order valence-corrected chi connectivity index (χ4v) is 4.88. The number of pyridine rings is 1. The molecule has 5 rings (SSSR count). The molecule has 10 heteroatoms. The van der Waals surface area contributed by atoms with E-state index in [0.29, 0.717) is 23.4 Å². The molecule has 0 radical (unpaired) electrons. The summed E-state index contributed by atoms with van der Waals surface area (Å²) < 4.78 is 5.23. The van der Waals surface area contributed by atoms with Crippen molar-refractivity contribution in [1.29, 1.82) is 0 Å². The number of carbonyl (C=O) groups excluding carboxylic acids is 3. The van der Waals surface area contributed by atoms with Crippen molar-refractivity contribution in [1.82, 2.24) is 30.3 Å². The summed E-state index contributed by atoms with van der Waals surface area (Å²) >= 11 is 0. The van der Waals surface area contributed by atoms with Gasteiger partial charge in [-0.25, -0.2) is 4.79 Å². The van der Waals surface area contributed by atoms with Crippen molar-refractivity contribution in [3.8, 4) is 17.6 Å². The Morgan fingerprint density at radius 3 is 2.51 bits per heavy atom. The van der Waals surface area contributed by atoms with Gasteiger partial charge in [-0.2, -0.15) is 0 Å². The molecule has 10 nitrogen and oxygen atoms in total. The molecule has 2 saturated heterocycles. The first-order valence-electron chi connectivity index (χ1n) is 12.4. The van der Waals surface area contributed by atoms with Crippen molar-refractivity contribution in [2.75, 3.05) is 46.4 Å². The number of methoxy groups -OCH3 is 1. The van der Waals surface area contributed by atoms with E-state index in [1.54, 1.807) is 18.3 Å². The molecule has 1 atom stereocenters. The Bertz CT molecular complexity index is 1280. The molecule has 192 valence electrons. The van der Waals surface area contributed by atoms with Crippen LogP contribution in [0.4, 0.5) is 4.79 Å². The van der Waals surface area contributed by atoms with Gasteiger partial charge in [-0.3, -0.25) is 24.8 Å². The molecule has 1 aromatic heterocycles. The molecule has 0 spiro atoms. The van der Waals surface area contributed by atoms with Gasteiger partial charge in [0.15, 0.2) is 0 Å². The smallest absolute Gasteiger partial charge is 0.323 e. The Morgan fingerprint density at radius 1 is 1.08 bits per heavy atom. The minimum absolute atomic E-state index is 0.0807. The van der Waals surface area contributed by atoms with Crippen LogP contribution >= 0.6 is 0 Å². The molecule has 0 unspecified atom stereocenters. The zero-order chi connectivity index (χ0) is 26.0. The zero-order valence-corrected chi connectivity index (χ0v) is 21.0. The average Bonchev–Trinajstić information content (AvgIpc) is 3.37. The first kappa shape index (κ1) is 24.7. The number of piperazine rings is 1. The fraction of sp³-hybridized carbons (Fsp3) is 0.407. The topological polar surface area (TPSA) is 107 Å². The standard InChI is InChI=1S/C27H30N6O4/c1-3-31-10-12-32(13-11-31)17-21-6-4-19(15-28-21)8-9-27(25(35)29-26(36)30-27)18-33-16-20-5-7-22(37-2)14-23(20)24(33)34/h4-7,14-15H,3,10-13,16-18H2,1-2H3,(H2,29,30,35,36)/t27-/m1/s1. The van der Waals surface area contributed by atoms with E-state index in [-0.39, 0.29) is 12.5 Å². The Morgan fingerprint density at radius 2 is 1.86 bits per heavy atom. The average molecular weight is 503 g/mol. The number of urea groups is 1. The molecule has 2 fully saturated rings. The first-order valence-corrected chi connectivity index (χ1v) is 12.4. The lowest BCUT2D eigenvalue weighted by Gasteiger charge is -2.33. The Balaban J connectivity index is 1.30. The molecule has 3 aliphatic rings. The van der Waals surface area contributed by atoms with Gasteiger partial charge in [0.25, 0.3) is 11.8 Å². The predicted molar refractivity (Wildman–Crippen MR) is 136 cm³/mol. The number of carbonyl (C=O) groups is 3. The summed E-state index contributed by atoms with van der Waals surface area (Å²) in [5, 5.41) is 4.90. The van der Waals surface area contributed by atoms with Gasteiger partial charge >= 0.3 is 6.03 Å². The molecule has 37 heavy (non-hydrogen) atoms. The number of rotatable bonds is 6. The van der Waals surface area contributed by atoms with Crippen molar-refractivity contribution in [3.63, 3.8) is 0 Å². The third-order valence-electron chi connectivity index (χ3n) is 7.11. The largest absolute Gasteiger partial charge is 0.497 e. The number of benzene rings is 1. The van der Waals surface area contributed by atoms with E-state index in [1.165, 1.54) is 12.0 Å². The second-order valence-electron chi connectivity index (χ2n) is 9.50. The normalized spacial score (nSPS) is 21.8. The zero-order valence-electron chi connectivity index (χ0n) is 21.0. The van der Waals surface area contributed by atoms with Crippen LogP contribution in [0, 0.1) is 11.8 Å². The highest BCUT2D eigenvalue weighted by Crippen LogP contribution is 2.28. The lowest BCUT2D eigenvalue weighted by Crippen LogP contribution is -2.54. The minimum atomic E-state index is -1.56. The Hall–Kier alpha value is -3.94. The maximum absolute atomic E-state index is 13.1. The summed E-state index contributed by atoms with van der Waals surface area (Å²) in [5.41, 5.74) is 1.36. The van der Waals surface area contributed by atoms with Gasteiger partial charge in [0.2, 0.25) is 5.54 Å². The van der Waals surface area contributed by atoms with E-state index in [9.17, 15) is 14.4 Å². The third-order valence-corrected chi connectivity index (χ3v) is 7.11. The van der Waals surface area contributed by atoms with Crippen LogP contribution in [0.15, 0.2) is 36.5 Å².